The Kier molecular flexibility index (Phi) is 4.62. The maximum Gasteiger partial charge on any atom is 0.165 e. The molecule has 0 amide bonds. The fourth-order valence-electron chi connectivity index (χ4n) is 1.70. The van der Waals surface area contributed by atoms with Crippen LogP contribution in [0.25, 0.3) is 11.4 Å². The predicted molar refractivity (Wildman–Crippen MR) is 88.7 cm³/mol. The third-order valence-electron chi connectivity index (χ3n) is 2.66. The monoisotopic (exact) mass is 433 g/mol. The molecule has 2 aromatic rings. The maximum absolute atomic E-state index is 5.38. The Morgan fingerprint density at radius 1 is 1.32 bits per heavy atom. The maximum atomic E-state index is 5.38. The quantitative estimate of drug-likeness (QED) is 0.746. The van der Waals surface area contributed by atoms with Crippen molar-refractivity contribution >= 4 is 44.3 Å². The fourth-order valence-corrected chi connectivity index (χ4v) is 2.57. The van der Waals surface area contributed by atoms with Gasteiger partial charge in [-0.05, 0) is 47.7 Å². The number of nitrogens with zero attached hydrogens (tertiary/aromatic N) is 2. The van der Waals surface area contributed by atoms with Crippen molar-refractivity contribution in [2.45, 2.75) is 6.92 Å². The Morgan fingerprint density at radius 2 is 2.05 bits per heavy atom. The van der Waals surface area contributed by atoms with E-state index in [0.29, 0.717) is 5.82 Å². The molecule has 100 valence electrons. The average Bonchev–Trinajstić information content (AvgIpc) is 2.41. The van der Waals surface area contributed by atoms with Crippen LogP contribution in [-0.4, -0.2) is 24.1 Å². The first kappa shape index (κ1) is 14.5. The first-order valence-corrected chi connectivity index (χ1v) is 7.49. The first-order chi connectivity index (χ1) is 9.06. The van der Waals surface area contributed by atoms with Crippen molar-refractivity contribution in [3.05, 3.63) is 31.9 Å². The summed E-state index contributed by atoms with van der Waals surface area (Å²) in [5, 5.41) is 3.09. The van der Waals surface area contributed by atoms with Crippen molar-refractivity contribution in [2.75, 3.05) is 19.5 Å². The summed E-state index contributed by atoms with van der Waals surface area (Å²) in [7, 11) is 3.50. The zero-order valence-electron chi connectivity index (χ0n) is 10.8. The average molecular weight is 434 g/mol. The molecule has 0 aliphatic carbocycles. The number of methoxy groups -OCH3 is 1. The predicted octanol–water partition coefficient (Wildman–Crippen LogP) is 3.87. The molecule has 1 N–H and O–H groups in total. The van der Waals surface area contributed by atoms with Crippen LogP contribution in [0, 0.1) is 10.5 Å². The summed E-state index contributed by atoms with van der Waals surface area (Å²) in [6, 6.07) is 5.79. The molecular weight excluding hydrogens is 421 g/mol. The van der Waals surface area contributed by atoms with Crippen LogP contribution in [0.4, 0.5) is 5.82 Å². The molecule has 4 nitrogen and oxygen atoms in total. The highest BCUT2D eigenvalue weighted by molar-refractivity contribution is 14.1. The summed E-state index contributed by atoms with van der Waals surface area (Å²) in [6.45, 7) is 1.97. The number of hydrogen-bond donors (Lipinski definition) is 1. The second kappa shape index (κ2) is 6.04. The van der Waals surface area contributed by atoms with Crippen LogP contribution in [-0.2, 0) is 0 Å². The lowest BCUT2D eigenvalue weighted by atomic mass is 10.2. The number of benzene rings is 1. The van der Waals surface area contributed by atoms with Gasteiger partial charge in [0.05, 0.1) is 21.9 Å². The number of nitrogens with one attached hydrogen (secondary N) is 1. The normalized spacial score (nSPS) is 10.4. The Bertz CT molecular complexity index is 619. The highest BCUT2D eigenvalue weighted by Crippen LogP contribution is 2.32. The SMILES string of the molecule is CNc1nc(-c2cc(Br)ccc2OC)nc(C)c1I. The second-order valence-corrected chi connectivity index (χ2v) is 5.88. The van der Waals surface area contributed by atoms with Crippen LogP contribution >= 0.6 is 38.5 Å². The molecule has 0 saturated carbocycles. The van der Waals surface area contributed by atoms with Crippen molar-refractivity contribution in [3.63, 3.8) is 0 Å². The van der Waals surface area contributed by atoms with Crippen LogP contribution in [0.1, 0.15) is 5.69 Å². The van der Waals surface area contributed by atoms with Crippen molar-refractivity contribution in [1.82, 2.24) is 9.97 Å². The summed E-state index contributed by atoms with van der Waals surface area (Å²) >= 11 is 5.70. The van der Waals surface area contributed by atoms with E-state index in [-0.39, 0.29) is 0 Å². The van der Waals surface area contributed by atoms with Crippen molar-refractivity contribution < 1.29 is 4.74 Å². The first-order valence-electron chi connectivity index (χ1n) is 5.62. The highest BCUT2D eigenvalue weighted by Gasteiger charge is 2.13. The molecule has 0 aliphatic heterocycles. The third-order valence-corrected chi connectivity index (χ3v) is 4.44. The molecule has 0 saturated heterocycles. The highest BCUT2D eigenvalue weighted by atomic mass is 127. The topological polar surface area (TPSA) is 47.0 Å². The molecule has 0 unspecified atom stereocenters. The van der Waals surface area contributed by atoms with E-state index in [1.807, 2.05) is 32.2 Å². The smallest absolute Gasteiger partial charge is 0.165 e. The van der Waals surface area contributed by atoms with E-state index in [1.54, 1.807) is 7.11 Å². The summed E-state index contributed by atoms with van der Waals surface area (Å²) in [4.78, 5) is 9.08. The lowest BCUT2D eigenvalue weighted by molar-refractivity contribution is 0.416. The van der Waals surface area contributed by atoms with Gasteiger partial charge in [-0.2, -0.15) is 0 Å². The van der Waals surface area contributed by atoms with Crippen LogP contribution in [0.15, 0.2) is 22.7 Å². The van der Waals surface area contributed by atoms with Crippen molar-refractivity contribution in [2.24, 2.45) is 0 Å². The molecular formula is C13H13BrIN3O. The number of rotatable bonds is 3. The van der Waals surface area contributed by atoms with E-state index >= 15 is 0 Å². The largest absolute Gasteiger partial charge is 0.496 e. The molecule has 0 bridgehead atoms. The van der Waals surface area contributed by atoms with Crippen molar-refractivity contribution in [1.29, 1.82) is 0 Å². The van der Waals surface area contributed by atoms with Crippen LogP contribution in [0.3, 0.4) is 0 Å². The second-order valence-electron chi connectivity index (χ2n) is 3.89. The molecule has 1 aromatic heterocycles. The van der Waals surface area contributed by atoms with Crippen molar-refractivity contribution in [3.8, 4) is 17.1 Å². The number of aromatic nitrogens is 2. The Labute approximate surface area is 134 Å². The van der Waals surface area contributed by atoms with Crippen LogP contribution < -0.4 is 10.1 Å². The molecule has 0 aliphatic rings. The van der Waals surface area contributed by atoms with Crippen LogP contribution in [0.2, 0.25) is 0 Å². The number of hydrogen-bond acceptors (Lipinski definition) is 4. The van der Waals surface area contributed by atoms with E-state index in [0.717, 1.165) is 30.9 Å². The molecule has 1 aromatic carbocycles. The van der Waals surface area contributed by atoms with Gasteiger partial charge in [-0.25, -0.2) is 9.97 Å². The van der Waals surface area contributed by atoms with Gasteiger partial charge in [0.25, 0.3) is 0 Å². The molecule has 0 spiro atoms. The zero-order valence-corrected chi connectivity index (χ0v) is 14.5. The van der Waals surface area contributed by atoms with Gasteiger partial charge in [0, 0.05) is 11.5 Å². The lowest BCUT2D eigenvalue weighted by Crippen LogP contribution is -2.03. The minimum atomic E-state index is 0.653. The van der Waals surface area contributed by atoms with Gasteiger partial charge in [0.1, 0.15) is 11.6 Å². The van der Waals surface area contributed by atoms with Gasteiger partial charge < -0.3 is 10.1 Å². The fraction of sp³-hybridized carbons (Fsp3) is 0.231. The zero-order chi connectivity index (χ0) is 14.0. The van der Waals surface area contributed by atoms with Gasteiger partial charge >= 0.3 is 0 Å². The van der Waals surface area contributed by atoms with Gasteiger partial charge in [0.2, 0.25) is 0 Å². The molecule has 0 fully saturated rings. The summed E-state index contributed by atoms with van der Waals surface area (Å²) in [5.41, 5.74) is 1.81. The minimum absolute atomic E-state index is 0.653. The number of ether oxygens (including phenoxy) is 1. The third kappa shape index (κ3) is 3.00. The summed E-state index contributed by atoms with van der Waals surface area (Å²) in [5.74, 6) is 2.23. The standard InChI is InChI=1S/C13H13BrIN3O/c1-7-11(15)13(16-2)18-12(17-7)9-6-8(14)4-5-10(9)19-3/h4-6H,1-3H3,(H,16,17,18). The molecule has 6 heteroatoms. The molecule has 0 radical (unpaired) electrons. The lowest BCUT2D eigenvalue weighted by Gasteiger charge is -2.11. The Hall–Kier alpha value is -0.890. The van der Waals surface area contributed by atoms with Gasteiger partial charge in [-0.1, -0.05) is 15.9 Å². The summed E-state index contributed by atoms with van der Waals surface area (Å²) in [6.07, 6.45) is 0. The van der Waals surface area contributed by atoms with Gasteiger partial charge in [-0.3, -0.25) is 0 Å². The Balaban J connectivity index is 2.65. The summed E-state index contributed by atoms with van der Waals surface area (Å²) < 4.78 is 7.37. The van der Waals surface area contributed by atoms with E-state index < -0.39 is 0 Å². The number of aryl methyl sites for hydroxylation is 1. The molecule has 1 heterocycles. The van der Waals surface area contributed by atoms with E-state index in [1.165, 1.54) is 0 Å². The van der Waals surface area contributed by atoms with E-state index in [4.69, 9.17) is 4.74 Å². The Morgan fingerprint density at radius 3 is 2.68 bits per heavy atom. The van der Waals surface area contributed by atoms with Gasteiger partial charge in [-0.15, -0.1) is 0 Å². The number of halogens is 2. The molecule has 2 rings (SSSR count). The molecule has 0 atom stereocenters. The minimum Gasteiger partial charge on any atom is -0.496 e. The van der Waals surface area contributed by atoms with E-state index in [2.05, 4.69) is 53.8 Å². The van der Waals surface area contributed by atoms with E-state index in [9.17, 15) is 0 Å². The molecule has 19 heavy (non-hydrogen) atoms. The number of anilines is 1. The van der Waals surface area contributed by atoms with Crippen LogP contribution in [0.5, 0.6) is 5.75 Å². The van der Waals surface area contributed by atoms with Gasteiger partial charge in [0.15, 0.2) is 5.82 Å².